The summed E-state index contributed by atoms with van der Waals surface area (Å²) in [6, 6.07) is 17.4. The summed E-state index contributed by atoms with van der Waals surface area (Å²) in [6.07, 6.45) is 0.533. The average molecular weight is 486 g/mol. The van der Waals surface area contributed by atoms with Gasteiger partial charge in [0.2, 0.25) is 5.91 Å². The Bertz CT molecular complexity index is 1090. The smallest absolute Gasteiger partial charge is 0.267 e. The Morgan fingerprint density at radius 1 is 1.03 bits per heavy atom. The highest BCUT2D eigenvalue weighted by Gasteiger charge is 2.23. The SMILES string of the molecule is C=C(C)COS(=O)(=O)CCCNC(=O)[C@H](Cc1ccccc1)NC(=O)C(=N)Cc1ccccc1. The number of hydrogen-bond acceptors (Lipinski definition) is 6. The standard InChI is InChI=1S/C25H31N3O5S/c1-19(2)18-33-34(31,32)15-9-14-27-25(30)23(17-21-12-7-4-8-13-21)28-24(29)22(26)16-20-10-5-3-6-11-20/h3-8,10-13,23,26H,1,9,14-18H2,2H3,(H,27,30)(H,28,29)/t23-/m0/s1. The highest BCUT2D eigenvalue weighted by Crippen LogP contribution is 2.06. The van der Waals surface area contributed by atoms with Crippen LogP contribution in [0.4, 0.5) is 0 Å². The first-order valence-electron chi connectivity index (χ1n) is 10.9. The monoisotopic (exact) mass is 485 g/mol. The molecule has 0 unspecified atom stereocenters. The number of benzene rings is 2. The first-order chi connectivity index (χ1) is 16.2. The van der Waals surface area contributed by atoms with Crippen molar-refractivity contribution < 1.29 is 22.2 Å². The highest BCUT2D eigenvalue weighted by atomic mass is 32.2. The molecule has 1 atom stereocenters. The molecule has 3 N–H and O–H groups in total. The second-order valence-electron chi connectivity index (χ2n) is 7.98. The van der Waals surface area contributed by atoms with Crippen molar-refractivity contribution in [2.75, 3.05) is 18.9 Å². The Balaban J connectivity index is 1.95. The maximum atomic E-state index is 12.8. The van der Waals surface area contributed by atoms with Crippen LogP contribution in [0.5, 0.6) is 0 Å². The van der Waals surface area contributed by atoms with Gasteiger partial charge in [0.05, 0.1) is 12.4 Å². The van der Waals surface area contributed by atoms with E-state index in [2.05, 4.69) is 17.2 Å². The molecule has 0 aliphatic carbocycles. The largest absolute Gasteiger partial charge is 0.354 e. The van der Waals surface area contributed by atoms with E-state index in [0.717, 1.165) is 11.1 Å². The number of hydrogen-bond donors (Lipinski definition) is 3. The Morgan fingerprint density at radius 3 is 2.21 bits per heavy atom. The third-order valence-corrected chi connectivity index (χ3v) is 6.02. The third-order valence-electron chi connectivity index (χ3n) is 4.76. The summed E-state index contributed by atoms with van der Waals surface area (Å²) in [6.45, 7) is 5.28. The van der Waals surface area contributed by atoms with Gasteiger partial charge in [-0.25, -0.2) is 0 Å². The molecule has 34 heavy (non-hydrogen) atoms. The molecule has 0 fully saturated rings. The summed E-state index contributed by atoms with van der Waals surface area (Å²) in [7, 11) is -3.71. The van der Waals surface area contributed by atoms with E-state index in [1.807, 2.05) is 60.7 Å². The van der Waals surface area contributed by atoms with Gasteiger partial charge in [-0.15, -0.1) is 0 Å². The summed E-state index contributed by atoms with van der Waals surface area (Å²) in [5.74, 6) is -1.33. The number of nitrogens with one attached hydrogen (secondary N) is 3. The van der Waals surface area contributed by atoms with E-state index >= 15 is 0 Å². The van der Waals surface area contributed by atoms with Crippen molar-refractivity contribution in [1.29, 1.82) is 5.41 Å². The van der Waals surface area contributed by atoms with E-state index in [1.54, 1.807) is 6.92 Å². The van der Waals surface area contributed by atoms with Crippen molar-refractivity contribution in [2.24, 2.45) is 0 Å². The normalized spacial score (nSPS) is 11.9. The molecule has 0 spiro atoms. The van der Waals surface area contributed by atoms with Crippen LogP contribution in [0, 0.1) is 5.41 Å². The molecule has 0 bridgehead atoms. The van der Waals surface area contributed by atoms with Gasteiger partial charge in [0.25, 0.3) is 16.0 Å². The average Bonchev–Trinajstić information content (AvgIpc) is 2.81. The van der Waals surface area contributed by atoms with Gasteiger partial charge in [0.15, 0.2) is 0 Å². The van der Waals surface area contributed by atoms with Gasteiger partial charge in [0.1, 0.15) is 11.8 Å². The maximum absolute atomic E-state index is 12.8. The van der Waals surface area contributed by atoms with Crippen LogP contribution < -0.4 is 10.6 Å². The van der Waals surface area contributed by atoms with E-state index < -0.39 is 28.0 Å². The molecular formula is C25H31N3O5S. The molecule has 0 heterocycles. The lowest BCUT2D eigenvalue weighted by atomic mass is 10.0. The van der Waals surface area contributed by atoms with E-state index in [-0.39, 0.29) is 43.9 Å². The molecular weight excluding hydrogens is 454 g/mol. The molecule has 2 aromatic carbocycles. The molecule has 0 radical (unpaired) electrons. The number of rotatable bonds is 14. The minimum absolute atomic E-state index is 0.0746. The molecule has 0 aliphatic heterocycles. The van der Waals surface area contributed by atoms with Crippen LogP contribution in [0.2, 0.25) is 0 Å². The van der Waals surface area contributed by atoms with Crippen molar-refractivity contribution in [3.63, 3.8) is 0 Å². The van der Waals surface area contributed by atoms with Gasteiger partial charge in [-0.3, -0.25) is 19.2 Å². The van der Waals surface area contributed by atoms with Gasteiger partial charge in [0, 0.05) is 19.4 Å². The highest BCUT2D eigenvalue weighted by molar-refractivity contribution is 7.86. The van der Waals surface area contributed by atoms with Crippen LogP contribution >= 0.6 is 0 Å². The quantitative estimate of drug-likeness (QED) is 0.164. The minimum atomic E-state index is -3.71. The fourth-order valence-corrected chi connectivity index (χ4v) is 4.01. The van der Waals surface area contributed by atoms with E-state index in [0.29, 0.717) is 5.57 Å². The molecule has 2 aromatic rings. The van der Waals surface area contributed by atoms with E-state index in [4.69, 9.17) is 9.59 Å². The molecule has 0 aromatic heterocycles. The first kappa shape index (κ1) is 26.9. The van der Waals surface area contributed by atoms with Crippen LogP contribution in [-0.4, -0.2) is 50.9 Å². The lowest BCUT2D eigenvalue weighted by Gasteiger charge is -2.19. The zero-order valence-electron chi connectivity index (χ0n) is 19.3. The molecule has 0 saturated heterocycles. The third kappa shape index (κ3) is 10.1. The second kappa shape index (κ2) is 13.4. The molecule has 2 rings (SSSR count). The van der Waals surface area contributed by atoms with E-state index in [1.165, 1.54) is 0 Å². The Morgan fingerprint density at radius 2 is 1.62 bits per heavy atom. The number of carbonyl (C=O) groups excluding carboxylic acids is 2. The lowest BCUT2D eigenvalue weighted by Crippen LogP contribution is -2.50. The number of amides is 2. The molecule has 0 aliphatic rings. The van der Waals surface area contributed by atoms with Crippen LogP contribution in [0.1, 0.15) is 24.5 Å². The summed E-state index contributed by atoms with van der Waals surface area (Å²) < 4.78 is 28.6. The molecule has 9 heteroatoms. The van der Waals surface area contributed by atoms with Crippen LogP contribution in [0.15, 0.2) is 72.8 Å². The predicted molar refractivity (Wildman–Crippen MR) is 132 cm³/mol. The topological polar surface area (TPSA) is 125 Å². The van der Waals surface area contributed by atoms with E-state index in [9.17, 15) is 18.0 Å². The van der Waals surface area contributed by atoms with Gasteiger partial charge in [-0.1, -0.05) is 72.8 Å². The number of carbonyl (C=O) groups is 2. The molecule has 0 saturated carbocycles. The second-order valence-corrected chi connectivity index (χ2v) is 9.74. The molecule has 2 amide bonds. The Kier molecular flexibility index (Phi) is 10.6. The summed E-state index contributed by atoms with van der Waals surface area (Å²) in [5, 5.41) is 13.4. The van der Waals surface area contributed by atoms with Crippen molar-refractivity contribution >= 4 is 27.6 Å². The van der Waals surface area contributed by atoms with Crippen LogP contribution in [-0.2, 0) is 36.7 Å². The lowest BCUT2D eigenvalue weighted by molar-refractivity contribution is -0.126. The molecule has 8 nitrogen and oxygen atoms in total. The van der Waals surface area contributed by atoms with Gasteiger partial charge < -0.3 is 10.6 Å². The van der Waals surface area contributed by atoms with Gasteiger partial charge >= 0.3 is 0 Å². The Labute approximate surface area is 201 Å². The summed E-state index contributed by atoms with van der Waals surface area (Å²) >= 11 is 0. The van der Waals surface area contributed by atoms with Crippen molar-refractivity contribution in [3.05, 3.63) is 83.9 Å². The zero-order valence-corrected chi connectivity index (χ0v) is 20.1. The van der Waals surface area contributed by atoms with Gasteiger partial charge in [-0.2, -0.15) is 8.42 Å². The minimum Gasteiger partial charge on any atom is -0.354 e. The van der Waals surface area contributed by atoms with Crippen LogP contribution in [0.25, 0.3) is 0 Å². The predicted octanol–water partition coefficient (Wildman–Crippen LogP) is 2.41. The van der Waals surface area contributed by atoms with Crippen molar-refractivity contribution in [3.8, 4) is 0 Å². The fourth-order valence-electron chi connectivity index (χ4n) is 3.02. The fraction of sp³-hybridized carbons (Fsp3) is 0.320. The Hall–Kier alpha value is -3.30. The molecule has 182 valence electrons. The van der Waals surface area contributed by atoms with Gasteiger partial charge in [-0.05, 0) is 24.5 Å². The van der Waals surface area contributed by atoms with Crippen LogP contribution in [0.3, 0.4) is 0 Å². The first-order valence-corrected chi connectivity index (χ1v) is 12.5. The summed E-state index contributed by atoms with van der Waals surface area (Å²) in [4.78, 5) is 25.4. The maximum Gasteiger partial charge on any atom is 0.267 e. The zero-order chi connectivity index (χ0) is 25.0. The van der Waals surface area contributed by atoms with Crippen molar-refractivity contribution in [1.82, 2.24) is 10.6 Å². The summed E-state index contributed by atoms with van der Waals surface area (Å²) in [5.41, 5.74) is 2.10. The van der Waals surface area contributed by atoms with Crippen molar-refractivity contribution in [2.45, 2.75) is 32.2 Å².